The van der Waals surface area contributed by atoms with Gasteiger partial charge >= 0.3 is 0 Å². The van der Waals surface area contributed by atoms with Crippen molar-refractivity contribution in [1.29, 1.82) is 0 Å². The van der Waals surface area contributed by atoms with Crippen molar-refractivity contribution in [3.8, 4) is 11.4 Å². The molecule has 0 radical (unpaired) electrons. The Morgan fingerprint density at radius 3 is 3.00 bits per heavy atom. The van der Waals surface area contributed by atoms with Gasteiger partial charge in [-0.3, -0.25) is 4.79 Å². The molecule has 128 valence electrons. The van der Waals surface area contributed by atoms with Crippen LogP contribution in [0.4, 0.5) is 4.39 Å². The second-order valence-electron chi connectivity index (χ2n) is 5.84. The third-order valence-electron chi connectivity index (χ3n) is 4.11. The Labute approximate surface area is 147 Å². The Morgan fingerprint density at radius 1 is 1.36 bits per heavy atom. The van der Waals surface area contributed by atoms with Gasteiger partial charge in [0.2, 0.25) is 17.6 Å². The number of halogens is 2. The Kier molecular flexibility index (Phi) is 4.01. The lowest BCUT2D eigenvalue weighted by molar-refractivity contribution is -0.128. The molecule has 1 aromatic carbocycles. The van der Waals surface area contributed by atoms with Gasteiger partial charge in [0.15, 0.2) is 0 Å². The number of carbonyl (C=O) groups is 1. The Hall–Kier alpha value is -2.67. The number of likely N-dealkylation sites (tertiary alicyclic amines) is 1. The minimum atomic E-state index is -0.510. The van der Waals surface area contributed by atoms with Crippen LogP contribution in [0.15, 0.2) is 45.5 Å². The average molecular weight is 362 g/mol. The molecule has 1 aliphatic rings. The van der Waals surface area contributed by atoms with Crippen LogP contribution in [-0.4, -0.2) is 27.5 Å². The molecule has 3 aromatic rings. The van der Waals surface area contributed by atoms with Crippen molar-refractivity contribution in [1.82, 2.24) is 15.0 Å². The van der Waals surface area contributed by atoms with E-state index in [9.17, 15) is 9.18 Å². The van der Waals surface area contributed by atoms with Crippen LogP contribution in [0.25, 0.3) is 11.4 Å². The molecule has 8 heteroatoms. The molecule has 2 aromatic heterocycles. The summed E-state index contributed by atoms with van der Waals surface area (Å²) in [5.74, 6) is 0.732. The topological polar surface area (TPSA) is 72.4 Å². The minimum absolute atomic E-state index is 0.00553. The van der Waals surface area contributed by atoms with E-state index in [0.29, 0.717) is 36.8 Å². The lowest BCUT2D eigenvalue weighted by Gasteiger charge is -2.13. The molecular weight excluding hydrogens is 349 g/mol. The first kappa shape index (κ1) is 15.8. The molecule has 1 saturated heterocycles. The molecule has 0 aliphatic carbocycles. The van der Waals surface area contributed by atoms with E-state index in [1.54, 1.807) is 17.2 Å². The average Bonchev–Trinajstić information content (AvgIpc) is 3.32. The number of rotatable bonds is 4. The van der Waals surface area contributed by atoms with Gasteiger partial charge in [0.05, 0.1) is 23.7 Å². The van der Waals surface area contributed by atoms with E-state index < -0.39 is 5.82 Å². The summed E-state index contributed by atoms with van der Waals surface area (Å²) in [5, 5.41) is 3.90. The molecule has 1 unspecified atom stereocenters. The summed E-state index contributed by atoms with van der Waals surface area (Å²) in [6, 6.07) is 7.82. The van der Waals surface area contributed by atoms with Gasteiger partial charge in [0.25, 0.3) is 0 Å². The van der Waals surface area contributed by atoms with E-state index in [1.807, 2.05) is 6.07 Å². The van der Waals surface area contributed by atoms with Gasteiger partial charge in [-0.25, -0.2) is 4.39 Å². The highest BCUT2D eigenvalue weighted by Gasteiger charge is 2.34. The largest absolute Gasteiger partial charge is 0.467 e. The van der Waals surface area contributed by atoms with Crippen LogP contribution in [0.3, 0.4) is 0 Å². The lowest BCUT2D eigenvalue weighted by Crippen LogP contribution is -2.24. The molecule has 0 saturated carbocycles. The number of furan rings is 1. The Bertz CT molecular complexity index is 910. The molecule has 0 bridgehead atoms. The highest BCUT2D eigenvalue weighted by Crippen LogP contribution is 2.30. The molecule has 0 spiro atoms. The highest BCUT2D eigenvalue weighted by atomic mass is 35.5. The predicted molar refractivity (Wildman–Crippen MR) is 86.2 cm³/mol. The van der Waals surface area contributed by atoms with Crippen LogP contribution in [0, 0.1) is 5.82 Å². The van der Waals surface area contributed by atoms with Gasteiger partial charge in [0.1, 0.15) is 11.6 Å². The number of benzene rings is 1. The van der Waals surface area contributed by atoms with Gasteiger partial charge in [-0.1, -0.05) is 16.8 Å². The lowest BCUT2D eigenvalue weighted by atomic mass is 10.1. The summed E-state index contributed by atoms with van der Waals surface area (Å²) in [6.45, 7) is 0.891. The van der Waals surface area contributed by atoms with Crippen molar-refractivity contribution < 1.29 is 18.1 Å². The summed E-state index contributed by atoms with van der Waals surface area (Å²) >= 11 is 5.78. The molecule has 1 amide bonds. The van der Waals surface area contributed by atoms with Crippen molar-refractivity contribution in [3.05, 3.63) is 59.1 Å². The van der Waals surface area contributed by atoms with Crippen LogP contribution in [0.5, 0.6) is 0 Å². The van der Waals surface area contributed by atoms with Crippen molar-refractivity contribution in [2.75, 3.05) is 6.54 Å². The maximum atomic E-state index is 13.3. The fourth-order valence-corrected chi connectivity index (χ4v) is 3.02. The van der Waals surface area contributed by atoms with Crippen LogP contribution in [-0.2, 0) is 11.3 Å². The second-order valence-corrected chi connectivity index (χ2v) is 6.25. The third-order valence-corrected chi connectivity index (χ3v) is 4.40. The molecule has 25 heavy (non-hydrogen) atoms. The molecule has 1 atom stereocenters. The van der Waals surface area contributed by atoms with Crippen molar-refractivity contribution in [2.24, 2.45) is 0 Å². The zero-order chi connectivity index (χ0) is 17.4. The fraction of sp³-hybridized carbons (Fsp3) is 0.235. The second kappa shape index (κ2) is 6.33. The van der Waals surface area contributed by atoms with Crippen molar-refractivity contribution >= 4 is 17.5 Å². The first-order valence-electron chi connectivity index (χ1n) is 7.69. The first-order chi connectivity index (χ1) is 12.1. The van der Waals surface area contributed by atoms with Gasteiger partial charge < -0.3 is 13.8 Å². The normalized spacial score (nSPS) is 17.4. The molecule has 1 fully saturated rings. The van der Waals surface area contributed by atoms with Crippen LogP contribution in [0.1, 0.15) is 24.0 Å². The fourth-order valence-electron chi connectivity index (χ4n) is 2.83. The standard InChI is InChI=1S/C17H13ClFN3O3/c18-13-6-10(3-4-14(13)19)16-20-17(25-21-16)11-7-15(23)22(8-11)9-12-2-1-5-24-12/h1-6,11H,7-9H2. The molecule has 0 N–H and O–H groups in total. The van der Waals surface area contributed by atoms with Gasteiger partial charge in [0, 0.05) is 18.5 Å². The Balaban J connectivity index is 1.50. The SMILES string of the molecule is O=C1CC(c2nc(-c3ccc(F)c(Cl)c3)no2)CN1Cc1ccco1. The van der Waals surface area contributed by atoms with E-state index in [4.69, 9.17) is 20.5 Å². The number of hydrogen-bond donors (Lipinski definition) is 0. The third kappa shape index (κ3) is 3.15. The highest BCUT2D eigenvalue weighted by molar-refractivity contribution is 6.31. The van der Waals surface area contributed by atoms with Gasteiger partial charge in [-0.05, 0) is 30.3 Å². The smallest absolute Gasteiger partial charge is 0.232 e. The number of carbonyl (C=O) groups excluding carboxylic acids is 1. The molecule has 1 aliphatic heterocycles. The maximum absolute atomic E-state index is 13.3. The quantitative estimate of drug-likeness (QED) is 0.709. The van der Waals surface area contributed by atoms with Crippen molar-refractivity contribution in [2.45, 2.75) is 18.9 Å². The van der Waals surface area contributed by atoms with Crippen LogP contribution in [0.2, 0.25) is 5.02 Å². The predicted octanol–water partition coefficient (Wildman–Crippen LogP) is 3.64. The molecule has 3 heterocycles. The summed E-state index contributed by atoms with van der Waals surface area (Å²) in [6.07, 6.45) is 1.87. The van der Waals surface area contributed by atoms with Gasteiger partial charge in [-0.2, -0.15) is 4.98 Å². The number of hydrogen-bond acceptors (Lipinski definition) is 5. The molecule has 4 rings (SSSR count). The minimum Gasteiger partial charge on any atom is -0.467 e. The zero-order valence-electron chi connectivity index (χ0n) is 13.0. The summed E-state index contributed by atoms with van der Waals surface area (Å²) in [7, 11) is 0. The van der Waals surface area contributed by atoms with E-state index in [-0.39, 0.29) is 16.8 Å². The molecule has 6 nitrogen and oxygen atoms in total. The van der Waals surface area contributed by atoms with Crippen molar-refractivity contribution in [3.63, 3.8) is 0 Å². The summed E-state index contributed by atoms with van der Waals surface area (Å²) < 4.78 is 23.8. The molecular formula is C17H13ClFN3O3. The zero-order valence-corrected chi connectivity index (χ0v) is 13.7. The van der Waals surface area contributed by atoms with E-state index in [1.165, 1.54) is 18.2 Å². The summed E-state index contributed by atoms with van der Waals surface area (Å²) in [4.78, 5) is 18.2. The number of amides is 1. The monoisotopic (exact) mass is 361 g/mol. The van der Waals surface area contributed by atoms with E-state index >= 15 is 0 Å². The van der Waals surface area contributed by atoms with Crippen LogP contribution < -0.4 is 0 Å². The Morgan fingerprint density at radius 2 is 2.24 bits per heavy atom. The van der Waals surface area contributed by atoms with Gasteiger partial charge in [-0.15, -0.1) is 0 Å². The number of nitrogens with zero attached hydrogens (tertiary/aromatic N) is 3. The maximum Gasteiger partial charge on any atom is 0.232 e. The number of aromatic nitrogens is 2. The van der Waals surface area contributed by atoms with E-state index in [2.05, 4.69) is 10.1 Å². The van der Waals surface area contributed by atoms with E-state index in [0.717, 1.165) is 5.76 Å². The summed E-state index contributed by atoms with van der Waals surface area (Å²) in [5.41, 5.74) is 0.554. The first-order valence-corrected chi connectivity index (χ1v) is 8.07. The van der Waals surface area contributed by atoms with Crippen LogP contribution >= 0.6 is 11.6 Å².